The van der Waals surface area contributed by atoms with E-state index in [1.165, 1.54) is 40.0 Å². The second kappa shape index (κ2) is 13.2. The highest BCUT2D eigenvalue weighted by Gasteiger charge is 2.31. The average Bonchev–Trinajstić information content (AvgIpc) is 3.65. The van der Waals surface area contributed by atoms with Gasteiger partial charge in [0.15, 0.2) is 0 Å². The van der Waals surface area contributed by atoms with Gasteiger partial charge in [-0.1, -0.05) is 30.3 Å². The van der Waals surface area contributed by atoms with Gasteiger partial charge in [-0.3, -0.25) is 4.79 Å². The molecule has 0 saturated heterocycles. The molecule has 1 aliphatic carbocycles. The van der Waals surface area contributed by atoms with Gasteiger partial charge < -0.3 is 15.8 Å². The quantitative estimate of drug-likeness (QED) is 0.156. The molecule has 1 unspecified atom stereocenters. The first-order chi connectivity index (χ1) is 20.4. The number of nitriles is 2. The van der Waals surface area contributed by atoms with Gasteiger partial charge in [0.1, 0.15) is 33.5 Å². The predicted molar refractivity (Wildman–Crippen MR) is 167 cm³/mol. The first kappa shape index (κ1) is 29.3. The average molecular weight is 614 g/mol. The fraction of sp³-hybridized carbons (Fsp3) is 0.258. The number of carbonyl (C=O) groups excluding carboxylic acids is 2. The monoisotopic (exact) mass is 613 g/mol. The number of anilines is 2. The van der Waals surface area contributed by atoms with Crippen LogP contribution >= 0.6 is 34.4 Å². The van der Waals surface area contributed by atoms with Crippen molar-refractivity contribution in [1.82, 2.24) is 4.98 Å². The van der Waals surface area contributed by atoms with E-state index in [9.17, 15) is 20.1 Å². The van der Waals surface area contributed by atoms with Gasteiger partial charge in [-0.15, -0.1) is 23.1 Å². The number of nitrogens with two attached hydrogens (primary N) is 1. The Morgan fingerprint density at radius 3 is 2.67 bits per heavy atom. The number of pyridine rings is 1. The molecule has 5 rings (SSSR count). The maximum absolute atomic E-state index is 13.1. The van der Waals surface area contributed by atoms with Gasteiger partial charge in [0.25, 0.3) is 0 Å². The zero-order valence-corrected chi connectivity index (χ0v) is 25.3. The Hall–Kier alpha value is -4.16. The van der Waals surface area contributed by atoms with Crippen LogP contribution < -0.4 is 11.1 Å². The van der Waals surface area contributed by atoms with Crippen LogP contribution in [0.3, 0.4) is 0 Å². The first-order valence-electron chi connectivity index (χ1n) is 13.4. The fourth-order valence-corrected chi connectivity index (χ4v) is 8.04. The smallest absolute Gasteiger partial charge is 0.341 e. The number of carbonyl (C=O) groups is 2. The van der Waals surface area contributed by atoms with Crippen LogP contribution in [-0.2, 0) is 22.4 Å². The molecular formula is C31H27N5O3S3. The van der Waals surface area contributed by atoms with E-state index >= 15 is 0 Å². The lowest BCUT2D eigenvalue weighted by Gasteiger charge is -2.23. The van der Waals surface area contributed by atoms with E-state index in [2.05, 4.69) is 34.6 Å². The number of nitrogen functional groups attached to an aromatic ring is 1. The summed E-state index contributed by atoms with van der Waals surface area (Å²) in [5.74, 6) is 0.0338. The number of fused-ring (bicyclic) bond motifs is 1. The summed E-state index contributed by atoms with van der Waals surface area (Å²) in [5, 5.41) is 27.1. The number of aromatic nitrogens is 1. The molecule has 1 amide bonds. The minimum atomic E-state index is -0.422. The first-order valence-corrected chi connectivity index (χ1v) is 16.1. The van der Waals surface area contributed by atoms with Crippen molar-refractivity contribution >= 4 is 57.1 Å². The molecule has 3 heterocycles. The van der Waals surface area contributed by atoms with Crippen LogP contribution in [0, 0.1) is 22.7 Å². The Morgan fingerprint density at radius 1 is 1.19 bits per heavy atom. The predicted octanol–water partition coefficient (Wildman–Crippen LogP) is 6.77. The molecule has 212 valence electrons. The van der Waals surface area contributed by atoms with Crippen molar-refractivity contribution < 1.29 is 14.3 Å². The van der Waals surface area contributed by atoms with Crippen LogP contribution in [0.25, 0.3) is 11.1 Å². The Bertz CT molecular complexity index is 1700. The van der Waals surface area contributed by atoms with Crippen LogP contribution in [0.4, 0.5) is 10.8 Å². The van der Waals surface area contributed by atoms with E-state index in [1.54, 1.807) is 6.92 Å². The number of ether oxygens (including phenoxy) is 1. The Morgan fingerprint density at radius 2 is 1.98 bits per heavy atom. The molecule has 11 heteroatoms. The summed E-state index contributed by atoms with van der Waals surface area (Å²) in [6.45, 7) is 2.01. The molecule has 0 spiro atoms. The summed E-state index contributed by atoms with van der Waals surface area (Å²) in [7, 11) is 0. The second-order valence-electron chi connectivity index (χ2n) is 9.59. The molecule has 1 aromatic carbocycles. The van der Waals surface area contributed by atoms with E-state index in [0.29, 0.717) is 32.8 Å². The molecule has 42 heavy (non-hydrogen) atoms. The van der Waals surface area contributed by atoms with Crippen molar-refractivity contribution in [3.63, 3.8) is 0 Å². The number of nitrogens with one attached hydrogen (secondary N) is 1. The molecule has 4 aromatic rings. The number of esters is 1. The molecular weight excluding hydrogens is 587 g/mol. The highest BCUT2D eigenvalue weighted by Crippen LogP contribution is 2.43. The van der Waals surface area contributed by atoms with Crippen molar-refractivity contribution in [3.05, 3.63) is 79.9 Å². The van der Waals surface area contributed by atoms with Crippen molar-refractivity contribution in [2.75, 3.05) is 23.4 Å². The molecule has 0 radical (unpaired) electrons. The van der Waals surface area contributed by atoms with Crippen LogP contribution in [0.5, 0.6) is 0 Å². The molecule has 0 fully saturated rings. The minimum Gasteiger partial charge on any atom is -0.462 e. The highest BCUT2D eigenvalue weighted by atomic mass is 32.2. The number of amides is 1. The van der Waals surface area contributed by atoms with Crippen molar-refractivity contribution in [3.8, 4) is 23.3 Å². The van der Waals surface area contributed by atoms with Gasteiger partial charge in [0, 0.05) is 22.6 Å². The summed E-state index contributed by atoms with van der Waals surface area (Å²) < 4.78 is 5.36. The maximum Gasteiger partial charge on any atom is 0.341 e. The maximum atomic E-state index is 13.1. The lowest BCUT2D eigenvalue weighted by Crippen LogP contribution is -2.17. The SMILES string of the molecule is CCOC(=O)c1c(NC(=O)CCSc2nc(N)c(C#N)c(-c3ccsc3)c2C#N)sc2c1CCC(c1ccccc1)C2. The zero-order valence-electron chi connectivity index (χ0n) is 22.8. The second-order valence-corrected chi connectivity index (χ2v) is 12.6. The number of hydrogen-bond acceptors (Lipinski definition) is 10. The van der Waals surface area contributed by atoms with Gasteiger partial charge in [0.2, 0.25) is 5.91 Å². The summed E-state index contributed by atoms with van der Waals surface area (Å²) in [5.41, 5.74) is 10.4. The summed E-state index contributed by atoms with van der Waals surface area (Å²) in [6.07, 6.45) is 2.57. The molecule has 0 aliphatic heterocycles. The van der Waals surface area contributed by atoms with Crippen molar-refractivity contribution in [2.24, 2.45) is 0 Å². The fourth-order valence-electron chi connectivity index (χ4n) is 5.13. The normalized spacial score (nSPS) is 13.9. The van der Waals surface area contributed by atoms with E-state index in [4.69, 9.17) is 10.5 Å². The molecule has 3 N–H and O–H groups in total. The highest BCUT2D eigenvalue weighted by molar-refractivity contribution is 7.99. The number of thioether (sulfide) groups is 1. The number of nitrogens with zero attached hydrogens (tertiary/aromatic N) is 3. The number of hydrogen-bond donors (Lipinski definition) is 2. The Kier molecular flexibility index (Phi) is 9.23. The van der Waals surface area contributed by atoms with E-state index in [0.717, 1.165) is 35.3 Å². The third-order valence-corrected chi connectivity index (χ3v) is 9.89. The number of rotatable bonds is 9. The largest absolute Gasteiger partial charge is 0.462 e. The molecule has 8 nitrogen and oxygen atoms in total. The van der Waals surface area contributed by atoms with Gasteiger partial charge in [-0.05, 0) is 65.6 Å². The molecule has 1 atom stereocenters. The van der Waals surface area contributed by atoms with Crippen molar-refractivity contribution in [1.29, 1.82) is 10.5 Å². The van der Waals surface area contributed by atoms with Crippen molar-refractivity contribution in [2.45, 2.75) is 43.6 Å². The van der Waals surface area contributed by atoms with E-state index in [-0.39, 0.29) is 35.9 Å². The summed E-state index contributed by atoms with van der Waals surface area (Å²) in [4.78, 5) is 31.5. The van der Waals surface area contributed by atoms with Crippen LogP contribution in [0.15, 0.2) is 52.2 Å². The van der Waals surface area contributed by atoms with Crippen LogP contribution in [-0.4, -0.2) is 29.2 Å². The lowest BCUT2D eigenvalue weighted by molar-refractivity contribution is -0.115. The Balaban J connectivity index is 1.32. The minimum absolute atomic E-state index is 0.0432. The summed E-state index contributed by atoms with van der Waals surface area (Å²) in [6, 6.07) is 16.4. The molecule has 0 bridgehead atoms. The van der Waals surface area contributed by atoms with Gasteiger partial charge in [-0.25, -0.2) is 9.78 Å². The molecule has 3 aromatic heterocycles. The van der Waals surface area contributed by atoms with Gasteiger partial charge in [0.05, 0.1) is 17.7 Å². The van der Waals surface area contributed by atoms with Crippen LogP contribution in [0.1, 0.15) is 63.2 Å². The third-order valence-electron chi connectivity index (χ3n) is 7.06. The topological polar surface area (TPSA) is 142 Å². The number of benzene rings is 1. The Labute approximate surface area is 256 Å². The number of thiophene rings is 2. The molecule has 0 saturated carbocycles. The summed E-state index contributed by atoms with van der Waals surface area (Å²) >= 11 is 4.12. The third kappa shape index (κ3) is 6.04. The van der Waals surface area contributed by atoms with Gasteiger partial charge in [-0.2, -0.15) is 21.9 Å². The van der Waals surface area contributed by atoms with E-state index in [1.807, 2.05) is 35.0 Å². The van der Waals surface area contributed by atoms with Gasteiger partial charge >= 0.3 is 5.97 Å². The zero-order chi connectivity index (χ0) is 29.6. The van der Waals surface area contributed by atoms with Crippen LogP contribution in [0.2, 0.25) is 0 Å². The molecule has 1 aliphatic rings. The van der Waals surface area contributed by atoms with E-state index < -0.39 is 5.97 Å². The lowest BCUT2D eigenvalue weighted by atomic mass is 9.83. The standard InChI is InChI=1S/C31H27N5O3S3/c1-2-39-31(38)27-21-9-8-19(18-6-4-3-5-7-18)14-24(21)42-30(27)35-25(37)11-13-41-29-23(16-33)26(20-10-12-40-17-20)22(15-32)28(34)36-29/h3-7,10,12,17,19H,2,8-9,11,13-14H2,1H3,(H2,34,36)(H,35,37).